The Bertz CT molecular complexity index is 2420. The predicted octanol–water partition coefficient (Wildman–Crippen LogP) is 9.23. The Kier molecular flexibility index (Phi) is 19.4. The number of hydrogen-bond donors (Lipinski definition) is 0. The molecule has 1 saturated carbocycles. The number of ketones is 2. The van der Waals surface area contributed by atoms with E-state index in [0.717, 1.165) is 24.0 Å². The van der Waals surface area contributed by atoms with E-state index in [1.807, 2.05) is 34.6 Å². The molecule has 1 amide bonds. The van der Waals surface area contributed by atoms with Gasteiger partial charge in [0.15, 0.2) is 17.4 Å². The monoisotopic (exact) mass is 1100 g/mol. The summed E-state index contributed by atoms with van der Waals surface area (Å²) in [7, 11) is 2.13. The van der Waals surface area contributed by atoms with Crippen LogP contribution in [0.2, 0.25) is 5.04 Å². The van der Waals surface area contributed by atoms with Gasteiger partial charge in [-0.25, -0.2) is 4.79 Å². The zero-order valence-corrected chi connectivity index (χ0v) is 50.0. The van der Waals surface area contributed by atoms with Crippen molar-refractivity contribution in [2.24, 2.45) is 29.6 Å². The van der Waals surface area contributed by atoms with Gasteiger partial charge in [-0.1, -0.05) is 120 Å². The zero-order chi connectivity index (χ0) is 56.3. The number of hydrogen-bond acceptors (Lipinski definition) is 13. The van der Waals surface area contributed by atoms with Crippen LogP contribution in [0.25, 0.3) is 0 Å². The lowest BCUT2D eigenvalue weighted by Crippen LogP contribution is -2.68. The number of carbonyl (C=O) groups excluding carboxylic acids is 4. The van der Waals surface area contributed by atoms with Crippen LogP contribution in [0.1, 0.15) is 140 Å². The van der Waals surface area contributed by atoms with Crippen molar-refractivity contribution in [1.29, 1.82) is 0 Å². The molecule has 14 nitrogen and oxygen atoms in total. The normalized spacial score (nSPS) is 36.8. The quantitative estimate of drug-likeness (QED) is 0.102. The minimum atomic E-state index is -2.91. The molecule has 430 valence electrons. The van der Waals surface area contributed by atoms with Crippen LogP contribution < -0.4 is 10.4 Å². The number of fused-ring (bicyclic) bond motifs is 4. The number of allylic oxidation sites excluding steroid dienone is 2. The van der Waals surface area contributed by atoms with Gasteiger partial charge in [0.2, 0.25) is 5.78 Å². The van der Waals surface area contributed by atoms with E-state index in [9.17, 15) is 14.4 Å². The van der Waals surface area contributed by atoms with Gasteiger partial charge in [-0.3, -0.25) is 14.4 Å². The summed E-state index contributed by atoms with van der Waals surface area (Å²) in [6, 6.07) is 20.4. The molecule has 1 spiro atoms. The molecule has 0 N–H and O–H groups in total. The second-order valence-corrected chi connectivity index (χ2v) is 29.6. The summed E-state index contributed by atoms with van der Waals surface area (Å²) in [5.41, 5.74) is 1.90. The third-order valence-electron chi connectivity index (χ3n) is 18.0. The van der Waals surface area contributed by atoms with Crippen LogP contribution in [0.15, 0.2) is 84.0 Å². The van der Waals surface area contributed by atoms with E-state index < -0.39 is 85.9 Å². The number of ether oxygens (including phenoxy) is 8. The molecule has 2 aromatic rings. The molecule has 0 radical (unpaired) electrons. The molecular formula is C63H91NO13Si. The van der Waals surface area contributed by atoms with E-state index in [2.05, 4.69) is 107 Å². The van der Waals surface area contributed by atoms with Gasteiger partial charge >= 0.3 is 5.97 Å². The van der Waals surface area contributed by atoms with Crippen LogP contribution in [0.5, 0.6) is 0 Å². The summed E-state index contributed by atoms with van der Waals surface area (Å²) < 4.78 is 60.1. The molecule has 5 aliphatic heterocycles. The third kappa shape index (κ3) is 12.9. The lowest BCUT2D eigenvalue weighted by atomic mass is 9.78. The Labute approximate surface area is 466 Å². The molecule has 1 aliphatic carbocycles. The number of benzene rings is 2. The summed E-state index contributed by atoms with van der Waals surface area (Å²) in [6.07, 6.45) is 6.12. The Morgan fingerprint density at radius 3 is 2.06 bits per heavy atom. The number of nitrogens with zero attached hydrogens (tertiary/aromatic N) is 1. The summed E-state index contributed by atoms with van der Waals surface area (Å²) >= 11 is 0. The average Bonchev–Trinajstić information content (AvgIpc) is 3.50. The average molecular weight is 1100 g/mol. The molecule has 5 fully saturated rings. The zero-order valence-electron chi connectivity index (χ0n) is 49.0. The van der Waals surface area contributed by atoms with Gasteiger partial charge in [-0.15, -0.1) is 0 Å². The molecule has 4 saturated heterocycles. The van der Waals surface area contributed by atoms with E-state index in [-0.39, 0.29) is 72.9 Å². The maximum Gasteiger partial charge on any atom is 0.329 e. The molecular weight excluding hydrogens is 1010 g/mol. The molecule has 5 heterocycles. The SMILES string of the molecule is CO[C@H]1C[C@@H](C)C/C(C)=C\[C@H]2CC(=O)CO[C@@]23C[C@H](OC(C)(C)O3)[C@@H](C)[C@@H](/C(C)=C/[C@@H]2CC[C@@H](O[Si](c3ccccc3)(c3ccccc3)C(C)(C)C)[C@H](OC)C2)OC(=O)[C@@H]2CCCCN2C(=O)C(=O)[C@@H]2O[C@H]1[C@@H](OC)C[C@H]2C. The van der Waals surface area contributed by atoms with Crippen LogP contribution in [0.4, 0.5) is 0 Å². The van der Waals surface area contributed by atoms with Gasteiger partial charge in [0.1, 0.15) is 31.0 Å². The lowest BCUT2D eigenvalue weighted by Gasteiger charge is -2.53. The maximum absolute atomic E-state index is 15.1. The topological polar surface area (TPSA) is 155 Å². The number of esters is 1. The standard InChI is InChI=1S/C63H91NO13Si/c1-39-30-40(2)32-52(70-12)58-53(71-13)34-42(4)57(73-58)55(66)59(67)64-29-21-20-26-49(64)60(68)74-56(43(5)54-37-63(77-62(9,10)75-54)45(31-39)36-46(65)38-72-63)41(3)33-44-27-28-50(51(35-44)69-11)76-78(61(6,7)8,47-22-16-14-17-23-47)48-24-18-15-19-25-48/h14-19,22-25,31,33,40,42-45,49-54,56-58H,20-21,26-30,32,34-38H2,1-13H3/b39-31-,41-33+/t40-,42+,43+,44-,45-,49-,50+,51+,52-,53-,54-,56+,57+,58+,63+/m0/s1. The smallest absolute Gasteiger partial charge is 0.329 e. The summed E-state index contributed by atoms with van der Waals surface area (Å²) in [5.74, 6) is -5.53. The largest absolute Gasteiger partial charge is 0.456 e. The predicted molar refractivity (Wildman–Crippen MR) is 300 cm³/mol. The molecule has 15 heteroatoms. The minimum Gasteiger partial charge on any atom is -0.456 e. The Hall–Kier alpha value is -3.90. The minimum absolute atomic E-state index is 0.0122. The number of Topliss-reactive ketones (excluding diaryl/α,β-unsaturated/α-hetero) is 2. The van der Waals surface area contributed by atoms with Crippen molar-refractivity contribution in [3.8, 4) is 0 Å². The van der Waals surface area contributed by atoms with Crippen molar-refractivity contribution < 1.29 is 61.5 Å². The summed E-state index contributed by atoms with van der Waals surface area (Å²) in [6.45, 7) is 20.9. The van der Waals surface area contributed by atoms with Crippen molar-refractivity contribution >= 4 is 42.1 Å². The number of amides is 1. The molecule has 8 rings (SSSR count). The fourth-order valence-corrected chi connectivity index (χ4v) is 18.9. The lowest BCUT2D eigenvalue weighted by molar-refractivity contribution is -0.419. The van der Waals surface area contributed by atoms with Gasteiger partial charge in [-0.05, 0) is 124 Å². The van der Waals surface area contributed by atoms with Crippen molar-refractivity contribution in [1.82, 2.24) is 4.90 Å². The first-order valence-corrected chi connectivity index (χ1v) is 30.9. The van der Waals surface area contributed by atoms with Gasteiger partial charge in [0, 0.05) is 52.6 Å². The molecule has 4 bridgehead atoms. The van der Waals surface area contributed by atoms with Crippen LogP contribution in [0, 0.1) is 29.6 Å². The molecule has 2 aromatic carbocycles. The number of piperidine rings is 1. The second-order valence-electron chi connectivity index (χ2n) is 25.3. The Morgan fingerprint density at radius 1 is 0.795 bits per heavy atom. The van der Waals surface area contributed by atoms with E-state index >= 15 is 4.79 Å². The third-order valence-corrected chi connectivity index (χ3v) is 23.0. The number of carbonyl (C=O) groups is 4. The van der Waals surface area contributed by atoms with Crippen LogP contribution >= 0.6 is 0 Å². The molecule has 6 aliphatic rings. The van der Waals surface area contributed by atoms with Crippen molar-refractivity contribution in [2.75, 3.05) is 34.5 Å². The highest BCUT2D eigenvalue weighted by Crippen LogP contribution is 2.48. The van der Waals surface area contributed by atoms with Crippen molar-refractivity contribution in [2.45, 2.75) is 211 Å². The summed E-state index contributed by atoms with van der Waals surface area (Å²) in [4.78, 5) is 59.2. The Morgan fingerprint density at radius 2 is 1.44 bits per heavy atom. The molecule has 78 heavy (non-hydrogen) atoms. The highest BCUT2D eigenvalue weighted by Gasteiger charge is 2.57. The number of rotatable bonds is 9. The van der Waals surface area contributed by atoms with E-state index in [4.69, 9.17) is 42.3 Å². The fourth-order valence-electron chi connectivity index (χ4n) is 14.2. The van der Waals surface area contributed by atoms with Gasteiger partial charge in [-0.2, -0.15) is 0 Å². The number of methoxy groups -OCH3 is 3. The molecule has 0 unspecified atom stereocenters. The maximum atomic E-state index is 15.1. The van der Waals surface area contributed by atoms with E-state index in [1.54, 1.807) is 21.3 Å². The molecule has 0 aromatic heterocycles. The first-order valence-electron chi connectivity index (χ1n) is 29.0. The van der Waals surface area contributed by atoms with Crippen LogP contribution in [-0.2, 0) is 61.5 Å². The fraction of sp³-hybridized carbons (Fsp3) is 0.683. The second kappa shape index (κ2) is 25.1. The van der Waals surface area contributed by atoms with Gasteiger partial charge in [0.25, 0.3) is 14.2 Å². The van der Waals surface area contributed by atoms with E-state index in [0.29, 0.717) is 44.9 Å². The Balaban J connectivity index is 1.15. The van der Waals surface area contributed by atoms with Gasteiger partial charge < -0.3 is 47.2 Å². The number of cyclic esters (lactones) is 1. The summed E-state index contributed by atoms with van der Waals surface area (Å²) in [5, 5.41) is 2.21. The molecule has 15 atom stereocenters. The highest BCUT2D eigenvalue weighted by atomic mass is 28.4. The first kappa shape index (κ1) is 60.2. The van der Waals surface area contributed by atoms with E-state index in [1.165, 1.54) is 15.3 Å². The van der Waals surface area contributed by atoms with Gasteiger partial charge in [0.05, 0.1) is 30.5 Å². The first-order chi connectivity index (χ1) is 37.0. The van der Waals surface area contributed by atoms with Crippen molar-refractivity contribution in [3.05, 3.63) is 84.0 Å². The van der Waals surface area contributed by atoms with Crippen LogP contribution in [0.3, 0.4) is 0 Å². The van der Waals surface area contributed by atoms with Crippen LogP contribution in [-0.4, -0.2) is 138 Å². The highest BCUT2D eigenvalue weighted by molar-refractivity contribution is 6.99. The van der Waals surface area contributed by atoms with Crippen molar-refractivity contribution in [3.63, 3.8) is 0 Å².